The summed E-state index contributed by atoms with van der Waals surface area (Å²) in [4.78, 5) is 22.1. The summed E-state index contributed by atoms with van der Waals surface area (Å²) < 4.78 is 23.7. The molecule has 0 spiro atoms. The number of aromatic nitrogens is 5. The molecule has 2 unspecified atom stereocenters. The molecule has 35 heavy (non-hydrogen) atoms. The van der Waals surface area contributed by atoms with E-state index in [1.54, 1.807) is 17.8 Å². The lowest BCUT2D eigenvalue weighted by molar-refractivity contribution is 0.0986. The van der Waals surface area contributed by atoms with Crippen molar-refractivity contribution in [3.05, 3.63) is 48.1 Å². The van der Waals surface area contributed by atoms with Crippen molar-refractivity contribution in [2.45, 2.75) is 56.2 Å². The van der Waals surface area contributed by atoms with Crippen molar-refractivity contribution >= 4 is 32.3 Å². The minimum atomic E-state index is -1.39. The van der Waals surface area contributed by atoms with E-state index in [-0.39, 0.29) is 23.7 Å². The quantitative estimate of drug-likeness (QED) is 0.395. The number of ether oxygens (including phenoxy) is 1. The Morgan fingerprint density at radius 3 is 2.83 bits per heavy atom. The number of morpholine rings is 1. The van der Waals surface area contributed by atoms with Gasteiger partial charge in [0.05, 0.1) is 36.7 Å². The summed E-state index contributed by atoms with van der Waals surface area (Å²) in [6.45, 7) is 5.57. The van der Waals surface area contributed by atoms with E-state index < -0.39 is 5.91 Å². The minimum Gasteiger partial charge on any atom is -0.374 e. The van der Waals surface area contributed by atoms with Gasteiger partial charge in [-0.2, -0.15) is 10.2 Å². The monoisotopic (exact) mass is 497 g/mol. The van der Waals surface area contributed by atoms with Crippen molar-refractivity contribution in [2.24, 2.45) is 0 Å². The van der Waals surface area contributed by atoms with Gasteiger partial charge in [-0.05, 0) is 38.2 Å². The number of rotatable bonds is 5. The molecule has 2 aliphatic heterocycles. The first-order chi connectivity index (χ1) is 16.9. The normalized spacial score (nSPS) is 23.4. The summed E-state index contributed by atoms with van der Waals surface area (Å²) in [6, 6.07) is 2.40. The van der Waals surface area contributed by atoms with E-state index in [9.17, 15) is 9.18 Å². The molecule has 2 saturated heterocycles. The second-order valence-electron chi connectivity index (χ2n) is 9.74. The Morgan fingerprint density at radius 2 is 2.14 bits per heavy atom. The summed E-state index contributed by atoms with van der Waals surface area (Å²) >= 11 is 0. The number of nitrogens with zero attached hydrogens (tertiary/aromatic N) is 7. The van der Waals surface area contributed by atoms with Gasteiger partial charge in [-0.3, -0.25) is 9.48 Å². The molecule has 3 fully saturated rings. The molecule has 3 aromatic heterocycles. The Labute approximate surface area is 205 Å². The first-order valence-corrected chi connectivity index (χ1v) is 12.7. The maximum Gasteiger partial charge on any atom is 0.263 e. The van der Waals surface area contributed by atoms with Gasteiger partial charge < -0.3 is 14.5 Å². The van der Waals surface area contributed by atoms with Crippen molar-refractivity contribution in [2.75, 3.05) is 30.0 Å². The average Bonchev–Trinajstić information content (AvgIpc) is 3.66. The number of amides is 1. The summed E-state index contributed by atoms with van der Waals surface area (Å²) in [6.07, 6.45) is 10.1. The van der Waals surface area contributed by atoms with Crippen LogP contribution in [-0.2, 0) is 4.74 Å². The maximum atomic E-state index is 14.5. The molecular formula is C24H29FN7O2P. The highest BCUT2D eigenvalue weighted by molar-refractivity contribution is 7.16. The number of hydrogen-bond acceptors (Lipinski definition) is 6. The van der Waals surface area contributed by atoms with Gasteiger partial charge in [0.2, 0.25) is 0 Å². The van der Waals surface area contributed by atoms with Crippen LogP contribution in [0.2, 0.25) is 0 Å². The number of allylic oxidation sites excluding steroid dienone is 1. The fourth-order valence-electron chi connectivity index (χ4n) is 5.45. The Balaban J connectivity index is 1.30. The van der Waals surface area contributed by atoms with Crippen LogP contribution in [0.25, 0.3) is 5.65 Å². The highest BCUT2D eigenvalue weighted by atomic mass is 31.0. The Kier molecular flexibility index (Phi) is 5.60. The average molecular weight is 498 g/mol. The van der Waals surface area contributed by atoms with Gasteiger partial charge in [-0.1, -0.05) is 21.4 Å². The van der Waals surface area contributed by atoms with Gasteiger partial charge in [-0.25, -0.2) is 13.9 Å². The van der Waals surface area contributed by atoms with E-state index >= 15 is 0 Å². The third kappa shape index (κ3) is 3.93. The zero-order valence-electron chi connectivity index (χ0n) is 19.7. The second kappa shape index (κ2) is 8.68. The lowest BCUT2D eigenvalue weighted by Crippen LogP contribution is -2.37. The van der Waals surface area contributed by atoms with Gasteiger partial charge >= 0.3 is 0 Å². The molecular weight excluding hydrogens is 468 g/mol. The summed E-state index contributed by atoms with van der Waals surface area (Å²) in [5.41, 5.74) is 2.76. The van der Waals surface area contributed by atoms with Gasteiger partial charge in [0.1, 0.15) is 17.1 Å². The largest absolute Gasteiger partial charge is 0.374 e. The van der Waals surface area contributed by atoms with Gasteiger partial charge in [0.15, 0.2) is 11.6 Å². The topological polar surface area (TPSA) is 80.8 Å². The first kappa shape index (κ1) is 22.6. The number of halogens is 1. The van der Waals surface area contributed by atoms with Crippen LogP contribution < -0.4 is 9.80 Å². The predicted octanol–water partition coefficient (Wildman–Crippen LogP) is 3.69. The van der Waals surface area contributed by atoms with Gasteiger partial charge in [-0.15, -0.1) is 0 Å². The predicted molar refractivity (Wildman–Crippen MR) is 134 cm³/mol. The highest BCUT2D eigenvalue weighted by Crippen LogP contribution is 2.37. The van der Waals surface area contributed by atoms with Crippen LogP contribution in [-0.4, -0.2) is 62.6 Å². The van der Waals surface area contributed by atoms with Crippen LogP contribution in [0.5, 0.6) is 0 Å². The smallest absolute Gasteiger partial charge is 0.263 e. The van der Waals surface area contributed by atoms with Crippen molar-refractivity contribution < 1.29 is 13.9 Å². The molecule has 0 aromatic carbocycles. The molecule has 0 radical (unpaired) electrons. The molecule has 0 N–H and O–H groups in total. The summed E-state index contributed by atoms with van der Waals surface area (Å²) in [5, 5.41) is 8.87. The molecule has 1 saturated carbocycles. The van der Waals surface area contributed by atoms with Crippen molar-refractivity contribution in [1.82, 2.24) is 24.4 Å². The number of hydrogen-bond donors (Lipinski definition) is 0. The molecule has 184 valence electrons. The molecule has 11 heteroatoms. The van der Waals surface area contributed by atoms with E-state index in [2.05, 4.69) is 30.9 Å². The van der Waals surface area contributed by atoms with E-state index in [1.165, 1.54) is 16.7 Å². The van der Waals surface area contributed by atoms with Crippen LogP contribution in [0.3, 0.4) is 0 Å². The number of fused-ring (bicyclic) bond motifs is 3. The van der Waals surface area contributed by atoms with Crippen molar-refractivity contribution in [3.63, 3.8) is 0 Å². The minimum absolute atomic E-state index is 0.168. The number of alkyl halides is 1. The Hall–Kier alpha value is -2.84. The standard InChI is InChI=1S/C24H29FN7O2P/c1-14-3-5-15(6-4-14)32-12-19(21(28-32)22(25)35)29(2)24(33)18-10-26-31-8-7-20(27-23(18)31)30-11-17-9-16(30)13-34-17/h7-8,10,12,15-17,22H,1,3-6,9,11,13,35H2,2H3/t16-,17-,22?/m1/s1. The van der Waals surface area contributed by atoms with Crippen molar-refractivity contribution in [3.8, 4) is 0 Å². The molecule has 6 rings (SSSR count). The lowest BCUT2D eigenvalue weighted by Gasteiger charge is -2.27. The maximum absolute atomic E-state index is 14.5. The van der Waals surface area contributed by atoms with E-state index in [0.717, 1.165) is 44.5 Å². The Morgan fingerprint density at radius 1 is 1.34 bits per heavy atom. The lowest BCUT2D eigenvalue weighted by atomic mass is 9.92. The van der Waals surface area contributed by atoms with Crippen LogP contribution in [0, 0.1) is 0 Å². The molecule has 2 bridgehead atoms. The summed E-state index contributed by atoms with van der Waals surface area (Å²) in [7, 11) is 3.79. The fraction of sp³-hybridized carbons (Fsp3) is 0.500. The van der Waals surface area contributed by atoms with Crippen LogP contribution in [0.4, 0.5) is 15.9 Å². The number of anilines is 2. The fourth-order valence-corrected chi connectivity index (χ4v) is 5.69. The van der Waals surface area contributed by atoms with Crippen molar-refractivity contribution in [1.29, 1.82) is 0 Å². The SMILES string of the molecule is C=C1CCC(n2cc(N(C)C(=O)c3cnn4ccc(N5C[C@H]6C[C@@H]5CO6)nc34)c(C(F)P)n2)CC1. The Bertz CT molecular complexity index is 1290. The number of carbonyl (C=O) groups is 1. The molecule has 5 heterocycles. The third-order valence-electron chi connectivity index (χ3n) is 7.48. The molecule has 3 aliphatic rings. The van der Waals surface area contributed by atoms with Gasteiger partial charge in [0, 0.05) is 26.0 Å². The summed E-state index contributed by atoms with van der Waals surface area (Å²) in [5.74, 6) is -0.882. The number of carbonyl (C=O) groups excluding carboxylic acids is 1. The van der Waals surface area contributed by atoms with Gasteiger partial charge in [0.25, 0.3) is 5.91 Å². The molecule has 1 aliphatic carbocycles. The first-order valence-electron chi connectivity index (χ1n) is 12.0. The zero-order chi connectivity index (χ0) is 24.3. The van der Waals surface area contributed by atoms with Crippen LogP contribution in [0.15, 0.2) is 36.8 Å². The highest BCUT2D eigenvalue weighted by Gasteiger charge is 2.40. The molecule has 9 nitrogen and oxygen atoms in total. The molecule has 1 amide bonds. The van der Waals surface area contributed by atoms with E-state index in [4.69, 9.17) is 9.72 Å². The zero-order valence-corrected chi connectivity index (χ0v) is 20.8. The molecule has 4 atom stereocenters. The van der Waals surface area contributed by atoms with Crippen LogP contribution >= 0.6 is 9.24 Å². The van der Waals surface area contributed by atoms with E-state index in [1.807, 2.05) is 16.9 Å². The third-order valence-corrected chi connectivity index (χ3v) is 7.80. The van der Waals surface area contributed by atoms with E-state index in [0.29, 0.717) is 29.5 Å². The van der Waals surface area contributed by atoms with Crippen LogP contribution in [0.1, 0.15) is 60.1 Å². The second-order valence-corrected chi connectivity index (χ2v) is 10.3. The molecule has 3 aromatic rings.